The molecule has 2 aliphatic rings. The number of esters is 1. The standard InChI is InChI=1S/C29H49N5O9/c1-8-17(4)23-28(41)33(7)24(16(2)3)29(42)32(6)18(5)25(38)30-12-11-22(37)43-21(14-19(36)15-35)27(40)34-13-9-10-20(34)26(39)31-23/h16-21,23-24,35-36H,8-15H2,1-7H3,(H,30,38)(H,31,39)/t17-,18-,19-,20-,21-,23-,24-/m0/s1. The molecule has 7 atom stereocenters. The van der Waals surface area contributed by atoms with E-state index in [-0.39, 0.29) is 31.3 Å². The van der Waals surface area contributed by atoms with Crippen LogP contribution < -0.4 is 10.6 Å². The van der Waals surface area contributed by atoms with Gasteiger partial charge in [-0.25, -0.2) is 0 Å². The van der Waals surface area contributed by atoms with Gasteiger partial charge in [0.05, 0.1) is 19.1 Å². The van der Waals surface area contributed by atoms with Gasteiger partial charge >= 0.3 is 5.97 Å². The first-order valence-electron chi connectivity index (χ1n) is 15.1. The van der Waals surface area contributed by atoms with Gasteiger partial charge in [0.1, 0.15) is 24.2 Å². The third-order valence-corrected chi connectivity index (χ3v) is 8.45. The third kappa shape index (κ3) is 8.88. The zero-order chi connectivity index (χ0) is 32.6. The van der Waals surface area contributed by atoms with Gasteiger partial charge in [0.2, 0.25) is 23.6 Å². The van der Waals surface area contributed by atoms with Crippen LogP contribution >= 0.6 is 0 Å². The number of likely N-dealkylation sites (N-methyl/N-ethyl adjacent to an activating group) is 2. The van der Waals surface area contributed by atoms with Crippen LogP contribution in [-0.4, -0.2) is 131 Å². The minimum absolute atomic E-state index is 0.148. The zero-order valence-electron chi connectivity index (χ0n) is 26.4. The minimum Gasteiger partial charge on any atom is -0.452 e. The molecule has 14 nitrogen and oxygen atoms in total. The number of ether oxygens (including phenoxy) is 1. The van der Waals surface area contributed by atoms with Crippen LogP contribution in [0.2, 0.25) is 0 Å². The first-order valence-corrected chi connectivity index (χ1v) is 15.1. The summed E-state index contributed by atoms with van der Waals surface area (Å²) in [6.07, 6.45) is -2.21. The van der Waals surface area contributed by atoms with Crippen molar-refractivity contribution in [3.63, 3.8) is 0 Å². The van der Waals surface area contributed by atoms with Gasteiger partial charge in [0.15, 0.2) is 6.10 Å². The molecule has 244 valence electrons. The fourth-order valence-corrected chi connectivity index (χ4v) is 5.42. The van der Waals surface area contributed by atoms with Crippen molar-refractivity contribution in [2.24, 2.45) is 11.8 Å². The van der Waals surface area contributed by atoms with E-state index in [4.69, 9.17) is 4.74 Å². The maximum atomic E-state index is 13.9. The number of aliphatic hydroxyl groups is 2. The summed E-state index contributed by atoms with van der Waals surface area (Å²) in [4.78, 5) is 84.1. The molecule has 0 aromatic rings. The van der Waals surface area contributed by atoms with E-state index in [0.29, 0.717) is 19.3 Å². The highest BCUT2D eigenvalue weighted by atomic mass is 16.5. The molecule has 0 unspecified atom stereocenters. The largest absolute Gasteiger partial charge is 0.452 e. The van der Waals surface area contributed by atoms with Gasteiger partial charge in [-0.3, -0.25) is 28.8 Å². The molecule has 4 N–H and O–H groups in total. The van der Waals surface area contributed by atoms with Crippen molar-refractivity contribution in [2.45, 2.75) is 103 Å². The molecule has 0 bridgehead atoms. The van der Waals surface area contributed by atoms with Crippen LogP contribution in [0.4, 0.5) is 0 Å². The van der Waals surface area contributed by atoms with E-state index in [0.717, 1.165) is 0 Å². The van der Waals surface area contributed by atoms with Crippen molar-refractivity contribution < 1.29 is 43.7 Å². The summed E-state index contributed by atoms with van der Waals surface area (Å²) in [6, 6.07) is -3.84. The molecule has 0 radical (unpaired) electrons. The molecule has 2 aliphatic heterocycles. The van der Waals surface area contributed by atoms with Gasteiger partial charge in [-0.15, -0.1) is 0 Å². The summed E-state index contributed by atoms with van der Waals surface area (Å²) < 4.78 is 5.38. The summed E-state index contributed by atoms with van der Waals surface area (Å²) in [7, 11) is 2.96. The lowest BCUT2D eigenvalue weighted by Gasteiger charge is -2.38. The molecule has 14 heteroatoms. The monoisotopic (exact) mass is 611 g/mol. The topological polar surface area (TPSA) is 186 Å². The lowest BCUT2D eigenvalue weighted by atomic mass is 9.94. The van der Waals surface area contributed by atoms with E-state index in [2.05, 4.69) is 10.6 Å². The molecule has 0 spiro atoms. The Bertz CT molecular complexity index is 1040. The molecule has 5 amide bonds. The molecule has 0 aliphatic carbocycles. The number of fused-ring (bicyclic) bond motifs is 1. The van der Waals surface area contributed by atoms with Crippen molar-refractivity contribution in [3.05, 3.63) is 0 Å². The Balaban J connectivity index is 2.54. The normalized spacial score (nSPS) is 28.9. The highest BCUT2D eigenvalue weighted by molar-refractivity contribution is 5.96. The quantitative estimate of drug-likeness (QED) is 0.274. The summed E-state index contributed by atoms with van der Waals surface area (Å²) in [5, 5.41) is 24.8. The highest BCUT2D eigenvalue weighted by Gasteiger charge is 2.43. The van der Waals surface area contributed by atoms with E-state index < -0.39 is 84.9 Å². The average Bonchev–Trinajstić information content (AvgIpc) is 3.46. The Morgan fingerprint density at radius 2 is 1.63 bits per heavy atom. The number of hydrogen-bond acceptors (Lipinski definition) is 9. The second-order valence-corrected chi connectivity index (χ2v) is 11.9. The number of rotatable bonds is 6. The van der Waals surface area contributed by atoms with Gasteiger partial charge in [0, 0.05) is 33.6 Å². The first-order chi connectivity index (χ1) is 20.2. The van der Waals surface area contributed by atoms with Gasteiger partial charge in [0.25, 0.3) is 5.91 Å². The smallest absolute Gasteiger partial charge is 0.308 e. The van der Waals surface area contributed by atoms with Crippen LogP contribution in [0.25, 0.3) is 0 Å². The lowest BCUT2D eigenvalue weighted by Crippen LogP contribution is -2.60. The van der Waals surface area contributed by atoms with Crippen LogP contribution in [0, 0.1) is 11.8 Å². The number of carbonyl (C=O) groups excluding carboxylic acids is 6. The number of cyclic esters (lactones) is 1. The predicted molar refractivity (Wildman–Crippen MR) is 155 cm³/mol. The first kappa shape index (κ1) is 35.9. The summed E-state index contributed by atoms with van der Waals surface area (Å²) in [5.74, 6) is -4.22. The Labute approximate surface area is 253 Å². The number of nitrogens with one attached hydrogen (secondary N) is 2. The van der Waals surface area contributed by atoms with E-state index in [1.807, 2.05) is 6.92 Å². The van der Waals surface area contributed by atoms with Crippen LogP contribution in [0.3, 0.4) is 0 Å². The zero-order valence-corrected chi connectivity index (χ0v) is 26.4. The molecule has 2 fully saturated rings. The van der Waals surface area contributed by atoms with Crippen LogP contribution in [-0.2, 0) is 33.5 Å². The Morgan fingerprint density at radius 1 is 0.977 bits per heavy atom. The summed E-state index contributed by atoms with van der Waals surface area (Å²) >= 11 is 0. The molecule has 43 heavy (non-hydrogen) atoms. The van der Waals surface area contributed by atoms with E-state index >= 15 is 0 Å². The van der Waals surface area contributed by atoms with Gasteiger partial charge in [-0.2, -0.15) is 0 Å². The van der Waals surface area contributed by atoms with Crippen molar-refractivity contribution >= 4 is 35.5 Å². The maximum Gasteiger partial charge on any atom is 0.308 e. The van der Waals surface area contributed by atoms with Crippen molar-refractivity contribution in [1.82, 2.24) is 25.3 Å². The fourth-order valence-electron chi connectivity index (χ4n) is 5.42. The van der Waals surface area contributed by atoms with E-state index in [9.17, 15) is 39.0 Å². The second-order valence-electron chi connectivity index (χ2n) is 11.9. The molecule has 0 aromatic carbocycles. The predicted octanol–water partition coefficient (Wildman–Crippen LogP) is -0.987. The van der Waals surface area contributed by atoms with Crippen molar-refractivity contribution in [1.29, 1.82) is 0 Å². The highest BCUT2D eigenvalue weighted by Crippen LogP contribution is 2.23. The van der Waals surface area contributed by atoms with Crippen molar-refractivity contribution in [2.75, 3.05) is 33.8 Å². The molecular weight excluding hydrogens is 562 g/mol. The van der Waals surface area contributed by atoms with Crippen LogP contribution in [0.15, 0.2) is 0 Å². The SMILES string of the molecule is CC[C@H](C)[C@@H]1NC(=O)[C@@H]2CCCN2C(=O)[C@H](C[C@H](O)CO)OC(=O)CCNC(=O)[C@H](C)N(C)C(=O)[C@H](C(C)C)N(C)C1=O. The molecule has 2 rings (SSSR count). The molecule has 0 aromatic heterocycles. The second kappa shape index (κ2) is 16.0. The molecule has 2 heterocycles. The molecular formula is C29H49N5O9. The van der Waals surface area contributed by atoms with E-state index in [1.54, 1.807) is 20.8 Å². The number of aliphatic hydroxyl groups excluding tert-OH is 2. The number of nitrogens with zero attached hydrogens (tertiary/aromatic N) is 3. The number of hydrogen-bond donors (Lipinski definition) is 4. The van der Waals surface area contributed by atoms with Crippen molar-refractivity contribution in [3.8, 4) is 0 Å². The summed E-state index contributed by atoms with van der Waals surface area (Å²) in [5.41, 5.74) is 0. The Morgan fingerprint density at radius 3 is 2.21 bits per heavy atom. The Kier molecular flexibility index (Phi) is 13.4. The third-order valence-electron chi connectivity index (χ3n) is 8.45. The average molecular weight is 612 g/mol. The van der Waals surface area contributed by atoms with Crippen LogP contribution in [0.5, 0.6) is 0 Å². The number of amides is 5. The number of carbonyl (C=O) groups is 6. The molecule has 2 saturated heterocycles. The maximum absolute atomic E-state index is 13.9. The van der Waals surface area contributed by atoms with Gasteiger partial charge in [-0.1, -0.05) is 34.1 Å². The minimum atomic E-state index is -1.48. The van der Waals surface area contributed by atoms with Gasteiger partial charge < -0.3 is 40.3 Å². The van der Waals surface area contributed by atoms with Crippen LogP contribution in [0.1, 0.15) is 66.7 Å². The van der Waals surface area contributed by atoms with E-state index in [1.165, 1.54) is 35.7 Å². The lowest BCUT2D eigenvalue weighted by molar-refractivity contribution is -0.163. The summed E-state index contributed by atoms with van der Waals surface area (Å²) in [6.45, 7) is 8.14. The van der Waals surface area contributed by atoms with Gasteiger partial charge in [-0.05, 0) is 31.6 Å². The fraction of sp³-hybridized carbons (Fsp3) is 0.793. The molecule has 0 saturated carbocycles. The Hall–Kier alpha value is -3.26.